The maximum Gasteiger partial charge on any atom is 0.0156 e. The molecule has 0 saturated carbocycles. The van der Waals surface area contributed by atoms with E-state index in [4.69, 9.17) is 0 Å². The number of hydrogen-bond donors (Lipinski definition) is 0. The van der Waals surface area contributed by atoms with Crippen molar-refractivity contribution in [3.05, 3.63) is 120 Å². The van der Waals surface area contributed by atoms with Crippen LogP contribution in [0.5, 0.6) is 0 Å². The summed E-state index contributed by atoms with van der Waals surface area (Å²) in [5.41, 5.74) is 11.4. The fraction of sp³-hybridized carbons (Fsp3) is 0.551. The first-order valence-corrected chi connectivity index (χ1v) is 19.7. The Bertz CT molecular complexity index is 1340. The van der Waals surface area contributed by atoms with Gasteiger partial charge in [-0.05, 0) is 92.9 Å². The molecule has 1 aliphatic carbocycles. The summed E-state index contributed by atoms with van der Waals surface area (Å²) in [6, 6.07) is 19.8. The van der Waals surface area contributed by atoms with Gasteiger partial charge in [0.25, 0.3) is 0 Å². The molecule has 0 heteroatoms. The van der Waals surface area contributed by atoms with Crippen LogP contribution in [0.2, 0.25) is 0 Å². The Morgan fingerprint density at radius 1 is 0.796 bits per heavy atom. The Kier molecular flexibility index (Phi) is 19.3. The summed E-state index contributed by atoms with van der Waals surface area (Å²) >= 11 is 0. The van der Waals surface area contributed by atoms with Crippen LogP contribution in [0.3, 0.4) is 0 Å². The minimum Gasteiger partial charge on any atom is -0.100 e. The third-order valence-electron chi connectivity index (χ3n) is 11.0. The highest BCUT2D eigenvalue weighted by molar-refractivity contribution is 5.76. The highest BCUT2D eigenvalue weighted by Crippen LogP contribution is 2.55. The average molecular weight is 665 g/mol. The summed E-state index contributed by atoms with van der Waals surface area (Å²) in [5, 5.41) is 0. The molecule has 0 bridgehead atoms. The normalized spacial score (nSPS) is 18.3. The van der Waals surface area contributed by atoms with E-state index in [9.17, 15) is 0 Å². The lowest BCUT2D eigenvalue weighted by Gasteiger charge is -2.46. The van der Waals surface area contributed by atoms with Gasteiger partial charge in [0.15, 0.2) is 0 Å². The van der Waals surface area contributed by atoms with Crippen LogP contribution in [-0.2, 0) is 5.41 Å². The van der Waals surface area contributed by atoms with Gasteiger partial charge in [0.1, 0.15) is 0 Å². The predicted octanol–water partition coefficient (Wildman–Crippen LogP) is 16.2. The van der Waals surface area contributed by atoms with E-state index in [1.807, 2.05) is 0 Å². The summed E-state index contributed by atoms with van der Waals surface area (Å²) in [5.74, 6) is 0.891. The molecule has 272 valence electrons. The lowest BCUT2D eigenvalue weighted by atomic mass is 9.58. The van der Waals surface area contributed by atoms with Crippen LogP contribution in [-0.4, -0.2) is 0 Å². The van der Waals surface area contributed by atoms with Gasteiger partial charge in [-0.15, -0.1) is 6.58 Å². The summed E-state index contributed by atoms with van der Waals surface area (Å²) in [6.45, 7) is 39.4. The molecule has 3 rings (SSSR count). The molecule has 0 saturated heterocycles. The Hall–Kier alpha value is -2.86. The van der Waals surface area contributed by atoms with Crippen molar-refractivity contribution in [3.8, 4) is 0 Å². The second kappa shape index (κ2) is 21.4. The van der Waals surface area contributed by atoms with Gasteiger partial charge in [-0.25, -0.2) is 0 Å². The van der Waals surface area contributed by atoms with E-state index in [1.54, 1.807) is 5.57 Å². The molecule has 2 aromatic rings. The summed E-state index contributed by atoms with van der Waals surface area (Å²) < 4.78 is 0. The van der Waals surface area contributed by atoms with Crippen molar-refractivity contribution >= 4 is 11.1 Å². The summed E-state index contributed by atoms with van der Waals surface area (Å²) in [7, 11) is 0. The number of rotatable bonds is 15. The molecule has 0 spiro atoms. The number of allylic oxidation sites excluding steroid dienone is 7. The van der Waals surface area contributed by atoms with Gasteiger partial charge in [0.2, 0.25) is 0 Å². The lowest BCUT2D eigenvalue weighted by Crippen LogP contribution is -2.33. The second-order valence-electron chi connectivity index (χ2n) is 15.7. The van der Waals surface area contributed by atoms with E-state index in [-0.39, 0.29) is 10.8 Å². The zero-order valence-corrected chi connectivity index (χ0v) is 34.3. The van der Waals surface area contributed by atoms with Crippen LogP contribution in [0, 0.1) is 16.7 Å². The molecule has 2 atom stereocenters. The van der Waals surface area contributed by atoms with Crippen molar-refractivity contribution in [2.45, 2.75) is 159 Å². The molecule has 0 fully saturated rings. The Labute approximate surface area is 306 Å². The number of hydrogen-bond acceptors (Lipinski definition) is 0. The molecule has 0 aromatic heterocycles. The van der Waals surface area contributed by atoms with Crippen molar-refractivity contribution < 1.29 is 0 Å². The van der Waals surface area contributed by atoms with Crippen molar-refractivity contribution in [2.75, 3.05) is 0 Å². The summed E-state index contributed by atoms with van der Waals surface area (Å²) in [4.78, 5) is 0. The van der Waals surface area contributed by atoms with Gasteiger partial charge in [0.05, 0.1) is 0 Å². The van der Waals surface area contributed by atoms with E-state index in [0.29, 0.717) is 5.41 Å². The molecule has 1 aliphatic rings. The quantitative estimate of drug-likeness (QED) is 0.166. The first-order valence-electron chi connectivity index (χ1n) is 19.7. The van der Waals surface area contributed by atoms with Gasteiger partial charge in [-0.3, -0.25) is 0 Å². The molecule has 0 aliphatic heterocycles. The van der Waals surface area contributed by atoms with E-state index >= 15 is 0 Å². The van der Waals surface area contributed by atoms with E-state index in [0.717, 1.165) is 24.3 Å². The second-order valence-corrected chi connectivity index (χ2v) is 15.7. The Balaban J connectivity index is 0.000000401. The first kappa shape index (κ1) is 44.2. The fourth-order valence-corrected chi connectivity index (χ4v) is 8.09. The van der Waals surface area contributed by atoms with Crippen LogP contribution in [0.15, 0.2) is 103 Å². The SMILES string of the molecule is C=C(C)C(CCC)(CCC)c1ccccc1.C=C(C)CC(CC)CCC.C=C(C)c1ccc(C2=CCC(C)(CC)/C(=C\CC)C2(C)C)cc1. The van der Waals surface area contributed by atoms with Gasteiger partial charge < -0.3 is 0 Å². The molecular formula is C49H76. The molecular weight excluding hydrogens is 589 g/mol. The predicted molar refractivity (Wildman–Crippen MR) is 225 cm³/mol. The van der Waals surface area contributed by atoms with Crippen molar-refractivity contribution in [2.24, 2.45) is 16.7 Å². The topological polar surface area (TPSA) is 0 Å². The summed E-state index contributed by atoms with van der Waals surface area (Å²) in [6.07, 6.45) is 18.4. The monoisotopic (exact) mass is 665 g/mol. The highest BCUT2D eigenvalue weighted by Gasteiger charge is 2.42. The maximum absolute atomic E-state index is 4.24. The molecule has 2 aromatic carbocycles. The zero-order chi connectivity index (χ0) is 37.3. The molecule has 0 heterocycles. The largest absolute Gasteiger partial charge is 0.100 e. The molecule has 0 nitrogen and oxygen atoms in total. The highest BCUT2D eigenvalue weighted by atomic mass is 14.5. The minimum absolute atomic E-state index is 0.0871. The van der Waals surface area contributed by atoms with Gasteiger partial charge >= 0.3 is 0 Å². The van der Waals surface area contributed by atoms with Crippen LogP contribution < -0.4 is 0 Å². The smallest absolute Gasteiger partial charge is 0.0156 e. The third kappa shape index (κ3) is 12.5. The van der Waals surface area contributed by atoms with Crippen molar-refractivity contribution in [1.82, 2.24) is 0 Å². The van der Waals surface area contributed by atoms with Crippen molar-refractivity contribution in [3.63, 3.8) is 0 Å². The molecule has 0 N–H and O–H groups in total. The lowest BCUT2D eigenvalue weighted by molar-refractivity contribution is 0.310. The van der Waals surface area contributed by atoms with Gasteiger partial charge in [0, 0.05) is 10.8 Å². The molecule has 0 radical (unpaired) electrons. The van der Waals surface area contributed by atoms with Crippen LogP contribution >= 0.6 is 0 Å². The molecule has 0 amide bonds. The molecule has 2 unspecified atom stereocenters. The fourth-order valence-electron chi connectivity index (χ4n) is 8.09. The van der Waals surface area contributed by atoms with E-state index in [2.05, 4.69) is 170 Å². The van der Waals surface area contributed by atoms with Gasteiger partial charge in [-0.2, -0.15) is 0 Å². The standard InChI is InChI=1S/C23H32.C16H24.C10H20/c1-8-10-21-22(5,6)20(15-16-23(21,7)9-2)19-13-11-18(12-14-19)17(3)4;1-5-12-16(13-6-2,14(3)4)15-10-8-7-9-11-15;1-5-7-10(6-2)8-9(3)4/h10-15H,3,8-9,16H2,1-2,4-7H3;7-11H,3,5-6,12-13H2,1-2,4H3;10H,3,5-8H2,1-2,4H3/b21-10-;;. The first-order chi connectivity index (χ1) is 23.1. The van der Waals surface area contributed by atoms with Crippen LogP contribution in [0.1, 0.15) is 170 Å². The van der Waals surface area contributed by atoms with E-state index < -0.39 is 0 Å². The van der Waals surface area contributed by atoms with Crippen LogP contribution in [0.4, 0.5) is 0 Å². The number of benzene rings is 2. The minimum atomic E-state index is 0.0871. The van der Waals surface area contributed by atoms with Gasteiger partial charge in [-0.1, -0.05) is 197 Å². The average Bonchev–Trinajstić information content (AvgIpc) is 3.07. The Morgan fingerprint density at radius 3 is 1.78 bits per heavy atom. The van der Waals surface area contributed by atoms with Crippen LogP contribution in [0.25, 0.3) is 11.1 Å². The van der Waals surface area contributed by atoms with Crippen molar-refractivity contribution in [1.29, 1.82) is 0 Å². The Morgan fingerprint density at radius 2 is 1.37 bits per heavy atom. The third-order valence-corrected chi connectivity index (χ3v) is 11.0. The zero-order valence-electron chi connectivity index (χ0n) is 34.3. The molecule has 49 heavy (non-hydrogen) atoms. The van der Waals surface area contributed by atoms with E-state index in [1.165, 1.54) is 91.2 Å². The maximum atomic E-state index is 4.24.